The molecule has 0 saturated heterocycles. The standard InChI is InChI=1S/C16H12F12O4/c17-13(18,19)11(31,14(20,21)22)5-9(29)7-1-2-8(4-3-7)10(30)6-12(32,15(23,24)25)16(26,27)28/h1-4,9,29,31-32H,5-6H2/t9-/m0/s1. The molecule has 184 valence electrons. The van der Waals surface area contributed by atoms with E-state index in [1.165, 1.54) is 0 Å². The Balaban J connectivity index is 3.15. The van der Waals surface area contributed by atoms with E-state index < -0.39 is 71.8 Å². The maximum Gasteiger partial charge on any atom is 0.426 e. The van der Waals surface area contributed by atoms with Gasteiger partial charge in [0.2, 0.25) is 0 Å². The molecule has 4 nitrogen and oxygen atoms in total. The molecule has 0 aromatic heterocycles. The van der Waals surface area contributed by atoms with Crippen LogP contribution in [-0.4, -0.2) is 57.0 Å². The molecule has 1 atom stereocenters. The molecule has 1 rings (SSSR count). The Bertz CT molecular complexity index is 777. The highest BCUT2D eigenvalue weighted by Crippen LogP contribution is 2.48. The number of aliphatic hydroxyl groups excluding tert-OH is 1. The van der Waals surface area contributed by atoms with Crippen molar-refractivity contribution in [2.24, 2.45) is 0 Å². The predicted molar refractivity (Wildman–Crippen MR) is 79.1 cm³/mol. The number of hydrogen-bond donors (Lipinski definition) is 3. The average Bonchev–Trinajstić information content (AvgIpc) is 2.57. The van der Waals surface area contributed by atoms with Crippen molar-refractivity contribution in [3.05, 3.63) is 35.4 Å². The highest BCUT2D eigenvalue weighted by molar-refractivity contribution is 5.96. The van der Waals surface area contributed by atoms with Crippen molar-refractivity contribution in [2.45, 2.75) is 54.9 Å². The second-order valence-corrected chi connectivity index (χ2v) is 6.65. The molecule has 0 heterocycles. The molecule has 0 spiro atoms. The van der Waals surface area contributed by atoms with Crippen LogP contribution in [0.2, 0.25) is 0 Å². The minimum absolute atomic E-state index is 0.411. The summed E-state index contributed by atoms with van der Waals surface area (Å²) in [5.74, 6) is -1.93. The normalized spacial score (nSPS) is 15.6. The molecule has 0 aliphatic heterocycles. The van der Waals surface area contributed by atoms with Gasteiger partial charge in [-0.25, -0.2) is 0 Å². The molecule has 0 amide bonds. The summed E-state index contributed by atoms with van der Waals surface area (Å²) in [4.78, 5) is 11.8. The van der Waals surface area contributed by atoms with Gasteiger partial charge < -0.3 is 15.3 Å². The van der Waals surface area contributed by atoms with E-state index in [-0.39, 0.29) is 0 Å². The van der Waals surface area contributed by atoms with Gasteiger partial charge in [0.15, 0.2) is 5.78 Å². The maximum absolute atomic E-state index is 12.7. The van der Waals surface area contributed by atoms with Crippen molar-refractivity contribution in [3.63, 3.8) is 0 Å². The van der Waals surface area contributed by atoms with Gasteiger partial charge in [0.25, 0.3) is 11.2 Å². The van der Waals surface area contributed by atoms with Gasteiger partial charge in [-0.05, 0) is 5.56 Å². The van der Waals surface area contributed by atoms with E-state index in [0.717, 1.165) is 0 Å². The lowest BCUT2D eigenvalue weighted by molar-refractivity contribution is -0.374. The summed E-state index contributed by atoms with van der Waals surface area (Å²) in [6.07, 6.45) is -32.7. The predicted octanol–water partition coefficient (Wildman–Crippen LogP) is 4.39. The molecular weight excluding hydrogens is 484 g/mol. The van der Waals surface area contributed by atoms with E-state index in [2.05, 4.69) is 0 Å². The number of carbonyl (C=O) groups excluding carboxylic acids is 1. The Morgan fingerprint density at radius 2 is 1.03 bits per heavy atom. The fourth-order valence-corrected chi connectivity index (χ4v) is 2.38. The molecule has 32 heavy (non-hydrogen) atoms. The van der Waals surface area contributed by atoms with Crippen LogP contribution in [0.15, 0.2) is 24.3 Å². The molecule has 0 fully saturated rings. The number of Topliss-reactive ketones (excluding diaryl/α,β-unsaturated/α-hetero) is 1. The van der Waals surface area contributed by atoms with Crippen LogP contribution in [0.1, 0.15) is 34.9 Å². The Hall–Kier alpha value is -2.07. The number of benzene rings is 1. The zero-order valence-electron chi connectivity index (χ0n) is 15.1. The van der Waals surface area contributed by atoms with Crippen LogP contribution in [-0.2, 0) is 0 Å². The third-order valence-corrected chi connectivity index (χ3v) is 4.40. The quantitative estimate of drug-likeness (QED) is 0.404. The summed E-state index contributed by atoms with van der Waals surface area (Å²) >= 11 is 0. The van der Waals surface area contributed by atoms with Crippen LogP contribution in [0.3, 0.4) is 0 Å². The molecule has 0 aliphatic carbocycles. The first-order chi connectivity index (χ1) is 14.0. The Morgan fingerprint density at radius 3 is 1.34 bits per heavy atom. The number of halogens is 12. The smallest absolute Gasteiger partial charge is 0.388 e. The van der Waals surface area contributed by atoms with Crippen LogP contribution < -0.4 is 0 Å². The fourth-order valence-electron chi connectivity index (χ4n) is 2.38. The lowest BCUT2D eigenvalue weighted by Gasteiger charge is -2.33. The lowest BCUT2D eigenvalue weighted by atomic mass is 9.89. The first kappa shape index (κ1) is 28.0. The summed E-state index contributed by atoms with van der Waals surface area (Å²) in [5.41, 5.74) is -12.5. The number of carbonyl (C=O) groups is 1. The van der Waals surface area contributed by atoms with Gasteiger partial charge in [0, 0.05) is 12.0 Å². The Morgan fingerprint density at radius 1 is 0.688 bits per heavy atom. The van der Waals surface area contributed by atoms with Gasteiger partial charge >= 0.3 is 24.7 Å². The molecule has 0 saturated carbocycles. The second kappa shape index (κ2) is 8.37. The zero-order chi connectivity index (χ0) is 25.6. The SMILES string of the molecule is O=C(CC(O)(C(F)(F)F)C(F)(F)F)c1ccc([C@@H](O)CC(O)(C(F)(F)F)C(F)(F)F)cc1. The van der Waals surface area contributed by atoms with Crippen molar-refractivity contribution < 1.29 is 72.8 Å². The third kappa shape index (κ3) is 5.28. The molecule has 0 radical (unpaired) electrons. The van der Waals surface area contributed by atoms with Crippen LogP contribution >= 0.6 is 0 Å². The Labute approximate surface area is 170 Å². The summed E-state index contributed by atoms with van der Waals surface area (Å²) in [6, 6.07) is 1.72. The molecule has 3 N–H and O–H groups in total. The minimum atomic E-state index is -6.31. The van der Waals surface area contributed by atoms with Gasteiger partial charge in [-0.2, -0.15) is 52.7 Å². The van der Waals surface area contributed by atoms with Crippen molar-refractivity contribution in [2.75, 3.05) is 0 Å². The molecular formula is C16H12F12O4. The van der Waals surface area contributed by atoms with Crippen LogP contribution in [0.25, 0.3) is 0 Å². The Kier molecular flexibility index (Phi) is 7.31. The van der Waals surface area contributed by atoms with Crippen LogP contribution in [0.4, 0.5) is 52.7 Å². The van der Waals surface area contributed by atoms with Crippen molar-refractivity contribution in [3.8, 4) is 0 Å². The van der Waals surface area contributed by atoms with Crippen molar-refractivity contribution in [1.29, 1.82) is 0 Å². The lowest BCUT2D eigenvalue weighted by Crippen LogP contribution is -2.57. The largest absolute Gasteiger partial charge is 0.426 e. The van der Waals surface area contributed by atoms with Gasteiger partial charge in [0.1, 0.15) is 0 Å². The van der Waals surface area contributed by atoms with E-state index in [1.54, 1.807) is 0 Å². The van der Waals surface area contributed by atoms with E-state index in [0.29, 0.717) is 24.3 Å². The van der Waals surface area contributed by atoms with E-state index in [4.69, 9.17) is 10.2 Å². The van der Waals surface area contributed by atoms with Gasteiger partial charge in [-0.1, -0.05) is 24.3 Å². The highest BCUT2D eigenvalue weighted by Gasteiger charge is 2.71. The molecule has 0 aliphatic rings. The fraction of sp³-hybridized carbons (Fsp3) is 0.562. The molecule has 0 unspecified atom stereocenters. The number of alkyl halides is 12. The van der Waals surface area contributed by atoms with Gasteiger partial charge in [0.05, 0.1) is 12.5 Å². The minimum Gasteiger partial charge on any atom is -0.388 e. The average molecular weight is 496 g/mol. The number of rotatable bonds is 6. The monoisotopic (exact) mass is 496 g/mol. The topological polar surface area (TPSA) is 77.8 Å². The highest BCUT2D eigenvalue weighted by atomic mass is 19.4. The van der Waals surface area contributed by atoms with E-state index in [9.17, 15) is 62.6 Å². The summed E-state index contributed by atoms with van der Waals surface area (Å²) in [6.45, 7) is 0. The molecule has 16 heteroatoms. The van der Waals surface area contributed by atoms with Gasteiger partial charge in [-0.3, -0.25) is 4.79 Å². The van der Waals surface area contributed by atoms with Gasteiger partial charge in [-0.15, -0.1) is 0 Å². The summed E-state index contributed by atoms with van der Waals surface area (Å²) in [5, 5.41) is 27.7. The van der Waals surface area contributed by atoms with Crippen molar-refractivity contribution in [1.82, 2.24) is 0 Å². The van der Waals surface area contributed by atoms with E-state index >= 15 is 0 Å². The maximum atomic E-state index is 12.7. The van der Waals surface area contributed by atoms with Crippen LogP contribution in [0.5, 0.6) is 0 Å². The molecule has 1 aromatic rings. The number of hydrogen-bond acceptors (Lipinski definition) is 4. The number of aliphatic hydroxyl groups is 3. The first-order valence-electron chi connectivity index (χ1n) is 8.01. The third-order valence-electron chi connectivity index (χ3n) is 4.40. The first-order valence-corrected chi connectivity index (χ1v) is 8.01. The second-order valence-electron chi connectivity index (χ2n) is 6.65. The molecule has 0 bridgehead atoms. The molecule has 1 aromatic carbocycles. The van der Waals surface area contributed by atoms with Crippen molar-refractivity contribution >= 4 is 5.78 Å². The zero-order valence-corrected chi connectivity index (χ0v) is 15.1. The number of ketones is 1. The van der Waals surface area contributed by atoms with Crippen LogP contribution in [0, 0.1) is 0 Å². The summed E-state index contributed by atoms with van der Waals surface area (Å²) in [7, 11) is 0. The summed E-state index contributed by atoms with van der Waals surface area (Å²) < 4.78 is 152. The van der Waals surface area contributed by atoms with E-state index in [1.807, 2.05) is 0 Å².